The van der Waals surface area contributed by atoms with Gasteiger partial charge < -0.3 is 9.47 Å². The van der Waals surface area contributed by atoms with Gasteiger partial charge in [-0.2, -0.15) is 15.5 Å². The zero-order valence-corrected chi connectivity index (χ0v) is 20.3. The van der Waals surface area contributed by atoms with Crippen molar-refractivity contribution < 1.29 is 32.2 Å². The second-order valence-electron chi connectivity index (χ2n) is 7.90. The molecule has 0 fully saturated rings. The molecule has 0 saturated heterocycles. The average molecular weight is 547 g/mol. The molecule has 4 rings (SSSR count). The number of nitrogens with zero attached hydrogens (tertiary/aromatic N) is 6. The van der Waals surface area contributed by atoms with Gasteiger partial charge in [-0.3, -0.25) is 14.4 Å². The van der Waals surface area contributed by atoms with Gasteiger partial charge in [0.2, 0.25) is 0 Å². The minimum absolute atomic E-state index is 0.0176. The molecule has 1 aliphatic rings. The molecule has 1 aromatic heterocycles. The van der Waals surface area contributed by atoms with Crippen molar-refractivity contribution in [1.29, 1.82) is 5.26 Å². The predicted octanol–water partition coefficient (Wildman–Crippen LogP) is 4.37. The fourth-order valence-corrected chi connectivity index (χ4v) is 3.81. The van der Waals surface area contributed by atoms with Gasteiger partial charge in [-0.1, -0.05) is 23.7 Å². The number of carbonyl (C=O) groups is 2. The van der Waals surface area contributed by atoms with Gasteiger partial charge in [-0.05, 0) is 36.4 Å². The molecule has 10 nitrogen and oxygen atoms in total. The lowest BCUT2D eigenvalue weighted by Crippen LogP contribution is -2.43. The number of rotatable bonds is 6. The third kappa shape index (κ3) is 6.04. The second-order valence-corrected chi connectivity index (χ2v) is 8.33. The van der Waals surface area contributed by atoms with Crippen LogP contribution in [-0.4, -0.2) is 59.1 Å². The lowest BCUT2D eigenvalue weighted by atomic mass is 10.0. The second kappa shape index (κ2) is 10.8. The van der Waals surface area contributed by atoms with Gasteiger partial charge in [0.15, 0.2) is 0 Å². The maximum absolute atomic E-state index is 13.6. The Morgan fingerprint density at radius 1 is 1.18 bits per heavy atom. The van der Waals surface area contributed by atoms with Gasteiger partial charge in [-0.15, -0.1) is 13.2 Å². The molecule has 0 saturated carbocycles. The number of halogens is 4. The lowest BCUT2D eigenvalue weighted by molar-refractivity contribution is -0.274. The molecule has 14 heteroatoms. The van der Waals surface area contributed by atoms with Crippen molar-refractivity contribution in [2.24, 2.45) is 5.10 Å². The first-order chi connectivity index (χ1) is 18.1. The van der Waals surface area contributed by atoms with Crippen LogP contribution in [0.15, 0.2) is 66.0 Å². The Morgan fingerprint density at radius 3 is 2.45 bits per heavy atom. The maximum Gasteiger partial charge on any atom is 0.573 e. The highest BCUT2D eigenvalue weighted by atomic mass is 35.5. The van der Waals surface area contributed by atoms with Crippen LogP contribution in [0, 0.1) is 11.3 Å². The Balaban J connectivity index is 1.68. The van der Waals surface area contributed by atoms with Crippen molar-refractivity contribution in [3.05, 3.63) is 77.1 Å². The summed E-state index contributed by atoms with van der Waals surface area (Å²) in [7, 11) is 1.14. The smallest absolute Gasteiger partial charge is 0.468 e. The van der Waals surface area contributed by atoms with E-state index in [1.165, 1.54) is 29.2 Å². The fraction of sp³-hybridized carbons (Fsp3) is 0.208. The van der Waals surface area contributed by atoms with Crippen molar-refractivity contribution in [3.8, 4) is 11.8 Å². The minimum Gasteiger partial charge on any atom is -0.468 e. The van der Waals surface area contributed by atoms with Crippen LogP contribution < -0.4 is 9.64 Å². The number of nitriles is 1. The molecule has 2 amide bonds. The van der Waals surface area contributed by atoms with Gasteiger partial charge in [0, 0.05) is 22.5 Å². The zero-order chi connectivity index (χ0) is 27.4. The number of aromatic nitrogens is 2. The molecule has 196 valence electrons. The van der Waals surface area contributed by atoms with Crippen molar-refractivity contribution in [2.75, 3.05) is 25.1 Å². The number of ether oxygens (including phenoxy) is 2. The number of urea groups is 1. The van der Waals surface area contributed by atoms with E-state index >= 15 is 0 Å². The quantitative estimate of drug-likeness (QED) is 0.424. The highest BCUT2D eigenvalue weighted by Gasteiger charge is 2.36. The summed E-state index contributed by atoms with van der Waals surface area (Å²) < 4.78 is 47.7. The third-order valence-electron chi connectivity index (χ3n) is 5.43. The number of alkyl halides is 3. The van der Waals surface area contributed by atoms with E-state index in [-0.39, 0.29) is 12.2 Å². The van der Waals surface area contributed by atoms with Crippen LogP contribution in [-0.2, 0) is 9.53 Å². The fourth-order valence-electron chi connectivity index (χ4n) is 3.68. The van der Waals surface area contributed by atoms with Gasteiger partial charge in [0.1, 0.15) is 24.4 Å². The van der Waals surface area contributed by atoms with Crippen LogP contribution in [0.4, 0.5) is 23.7 Å². The largest absolute Gasteiger partial charge is 0.573 e. The number of hydrogen-bond donors (Lipinski definition) is 0. The molecule has 1 unspecified atom stereocenters. The lowest BCUT2D eigenvalue weighted by Gasteiger charge is -2.25. The molecule has 0 N–H and O–H groups in total. The highest BCUT2D eigenvalue weighted by Crippen LogP contribution is 2.29. The molecule has 2 heterocycles. The Bertz CT molecular complexity index is 1400. The van der Waals surface area contributed by atoms with Crippen LogP contribution in [0.25, 0.3) is 0 Å². The molecule has 0 spiro atoms. The number of hydrazone groups is 1. The SMILES string of the molecule is COC(=O)CN(C(=O)N1CC(n2cc(C#N)cn2)C(c2ccc(Cl)cc2)=N1)c1ccc(OC(F)(F)F)cc1. The summed E-state index contributed by atoms with van der Waals surface area (Å²) in [6.45, 7) is -0.557. The molecule has 1 atom stereocenters. The molecule has 0 radical (unpaired) electrons. The van der Waals surface area contributed by atoms with Crippen LogP contribution >= 0.6 is 11.6 Å². The van der Waals surface area contributed by atoms with E-state index in [2.05, 4.69) is 14.9 Å². The number of esters is 1. The van der Waals surface area contributed by atoms with Crippen LogP contribution in [0.1, 0.15) is 17.2 Å². The van der Waals surface area contributed by atoms with Gasteiger partial charge in [0.25, 0.3) is 0 Å². The number of benzene rings is 2. The summed E-state index contributed by atoms with van der Waals surface area (Å²) in [4.78, 5) is 26.7. The summed E-state index contributed by atoms with van der Waals surface area (Å²) in [5.74, 6) is -1.26. The summed E-state index contributed by atoms with van der Waals surface area (Å²) in [5.41, 5.74) is 1.48. The zero-order valence-electron chi connectivity index (χ0n) is 19.6. The van der Waals surface area contributed by atoms with Crippen LogP contribution in [0.3, 0.4) is 0 Å². The number of carbonyl (C=O) groups excluding carboxylic acids is 2. The Morgan fingerprint density at radius 2 is 1.87 bits per heavy atom. The van der Waals surface area contributed by atoms with E-state index in [0.717, 1.165) is 29.2 Å². The van der Waals surface area contributed by atoms with E-state index in [1.807, 2.05) is 6.07 Å². The number of hydrogen-bond acceptors (Lipinski definition) is 7. The predicted molar refractivity (Wildman–Crippen MR) is 129 cm³/mol. The van der Waals surface area contributed by atoms with Gasteiger partial charge >= 0.3 is 18.4 Å². The number of amides is 2. The molecule has 38 heavy (non-hydrogen) atoms. The molecule has 2 aromatic carbocycles. The molecule has 1 aliphatic heterocycles. The van der Waals surface area contributed by atoms with Gasteiger partial charge in [0.05, 0.1) is 31.1 Å². The van der Waals surface area contributed by atoms with E-state index in [9.17, 15) is 28.0 Å². The Hall–Kier alpha value is -4.57. The third-order valence-corrected chi connectivity index (χ3v) is 5.68. The van der Waals surface area contributed by atoms with E-state index in [4.69, 9.17) is 16.3 Å². The molecular formula is C24H18ClF3N6O4. The minimum atomic E-state index is -4.89. The summed E-state index contributed by atoms with van der Waals surface area (Å²) in [6.07, 6.45) is -2.01. The van der Waals surface area contributed by atoms with E-state index in [1.54, 1.807) is 24.3 Å². The standard InChI is InChI=1S/C24H18ClF3N6O4/c1-37-21(35)14-32(18-6-8-19(9-7-18)38-24(26,27)28)23(36)34-13-20(33-12-15(10-29)11-30-33)22(31-34)16-2-4-17(25)5-3-16/h2-9,11-12,20H,13-14H2,1H3. The molecular weight excluding hydrogens is 529 g/mol. The summed E-state index contributed by atoms with van der Waals surface area (Å²) >= 11 is 6.01. The van der Waals surface area contributed by atoms with Gasteiger partial charge in [-0.25, -0.2) is 9.80 Å². The molecule has 0 aliphatic carbocycles. The summed E-state index contributed by atoms with van der Waals surface area (Å²) in [5, 5.41) is 19.5. The Kier molecular flexibility index (Phi) is 7.54. The molecule has 0 bridgehead atoms. The average Bonchev–Trinajstić information content (AvgIpc) is 3.54. The highest BCUT2D eigenvalue weighted by molar-refractivity contribution is 6.30. The van der Waals surface area contributed by atoms with Crippen molar-refractivity contribution in [1.82, 2.24) is 14.8 Å². The van der Waals surface area contributed by atoms with E-state index in [0.29, 0.717) is 21.9 Å². The maximum atomic E-state index is 13.6. The number of methoxy groups -OCH3 is 1. The number of anilines is 1. The Labute approximate surface area is 219 Å². The first-order valence-electron chi connectivity index (χ1n) is 10.9. The monoisotopic (exact) mass is 546 g/mol. The van der Waals surface area contributed by atoms with Crippen LogP contribution in [0.2, 0.25) is 5.02 Å². The topological polar surface area (TPSA) is 113 Å². The molecule has 3 aromatic rings. The van der Waals surface area contributed by atoms with Crippen LogP contribution in [0.5, 0.6) is 5.75 Å². The first kappa shape index (κ1) is 26.5. The first-order valence-corrected chi connectivity index (χ1v) is 11.3. The van der Waals surface area contributed by atoms with Crippen molar-refractivity contribution >= 4 is 35.0 Å². The van der Waals surface area contributed by atoms with E-state index < -0.39 is 36.7 Å². The van der Waals surface area contributed by atoms with Crippen molar-refractivity contribution in [3.63, 3.8) is 0 Å². The van der Waals surface area contributed by atoms with Crippen molar-refractivity contribution in [2.45, 2.75) is 12.4 Å². The summed E-state index contributed by atoms with van der Waals surface area (Å²) in [6, 6.07) is 11.8. The normalized spacial score (nSPS) is 15.0.